The van der Waals surface area contributed by atoms with Crippen LogP contribution < -0.4 is 15.0 Å². The Labute approximate surface area is 180 Å². The zero-order chi connectivity index (χ0) is 20.4. The van der Waals surface area contributed by atoms with Gasteiger partial charge in [0.05, 0.1) is 11.4 Å². The third-order valence-corrected chi connectivity index (χ3v) is 6.71. The van der Waals surface area contributed by atoms with Crippen LogP contribution in [0.15, 0.2) is 17.5 Å². The summed E-state index contributed by atoms with van der Waals surface area (Å²) in [5.41, 5.74) is 2.31. The van der Waals surface area contributed by atoms with E-state index in [1.54, 1.807) is 29.4 Å². The van der Waals surface area contributed by atoms with E-state index in [4.69, 9.17) is 21.3 Å². The Hall–Kier alpha value is -1.83. The predicted octanol–water partition coefficient (Wildman–Crippen LogP) is 4.35. The second-order valence-corrected chi connectivity index (χ2v) is 9.18. The van der Waals surface area contributed by atoms with Crippen molar-refractivity contribution in [2.75, 3.05) is 50.1 Å². The largest absolute Gasteiger partial charge is 0.481 e. The number of halogens is 1. The highest BCUT2D eigenvalue weighted by atomic mass is 35.5. The highest BCUT2D eigenvalue weighted by molar-refractivity contribution is 7.14. The van der Waals surface area contributed by atoms with Crippen LogP contribution in [0.2, 0.25) is 5.02 Å². The van der Waals surface area contributed by atoms with Gasteiger partial charge in [0, 0.05) is 29.6 Å². The molecule has 29 heavy (non-hydrogen) atoms. The lowest BCUT2D eigenvalue weighted by Crippen LogP contribution is -2.35. The van der Waals surface area contributed by atoms with Gasteiger partial charge in [-0.05, 0) is 56.9 Å². The van der Waals surface area contributed by atoms with Crippen LogP contribution in [0.25, 0.3) is 11.3 Å². The zero-order valence-corrected chi connectivity index (χ0v) is 18.5. The molecule has 2 aliphatic heterocycles. The number of fused-ring (bicyclic) bond motifs is 1. The summed E-state index contributed by atoms with van der Waals surface area (Å²) >= 11 is 7.87. The Morgan fingerprint density at radius 3 is 2.93 bits per heavy atom. The molecule has 0 aliphatic carbocycles. The Balaban J connectivity index is 1.38. The SMILES string of the molecule is CC1CCN(CCCNc2nc(-c3cc(Cl)cc4c3OCC(=O)N4C)cs2)CC1. The molecular weight excluding hydrogens is 408 g/mol. The minimum Gasteiger partial charge on any atom is -0.481 e. The van der Waals surface area contributed by atoms with Crippen molar-refractivity contribution in [1.29, 1.82) is 0 Å². The van der Waals surface area contributed by atoms with E-state index in [1.165, 1.54) is 25.9 Å². The van der Waals surface area contributed by atoms with Gasteiger partial charge in [0.1, 0.15) is 0 Å². The summed E-state index contributed by atoms with van der Waals surface area (Å²) in [7, 11) is 1.74. The molecule has 156 valence electrons. The van der Waals surface area contributed by atoms with Crippen molar-refractivity contribution in [3.8, 4) is 17.0 Å². The van der Waals surface area contributed by atoms with Crippen molar-refractivity contribution in [3.63, 3.8) is 0 Å². The molecule has 0 radical (unpaired) electrons. The molecule has 1 aromatic carbocycles. The maximum atomic E-state index is 11.9. The fraction of sp³-hybridized carbons (Fsp3) is 0.524. The molecule has 1 amide bonds. The van der Waals surface area contributed by atoms with E-state index in [2.05, 4.69) is 17.1 Å². The Morgan fingerprint density at radius 1 is 1.34 bits per heavy atom. The molecule has 4 rings (SSSR count). The van der Waals surface area contributed by atoms with Gasteiger partial charge < -0.3 is 19.9 Å². The topological polar surface area (TPSA) is 57.7 Å². The van der Waals surface area contributed by atoms with Gasteiger partial charge in [-0.15, -0.1) is 11.3 Å². The van der Waals surface area contributed by atoms with Gasteiger partial charge >= 0.3 is 0 Å². The van der Waals surface area contributed by atoms with Gasteiger partial charge in [-0.3, -0.25) is 4.79 Å². The van der Waals surface area contributed by atoms with E-state index >= 15 is 0 Å². The standard InChI is InChI=1S/C21H27ClN4O2S/c1-14-4-8-26(9-5-14)7-3-6-23-21-24-17(13-29-21)16-10-15(22)11-18-20(16)28-12-19(27)25(18)2/h10-11,13-14H,3-9,12H2,1-2H3,(H,23,24). The van der Waals surface area contributed by atoms with Crippen molar-refractivity contribution in [1.82, 2.24) is 9.88 Å². The maximum Gasteiger partial charge on any atom is 0.264 e. The molecule has 0 saturated carbocycles. The number of amides is 1. The molecule has 0 bridgehead atoms. The van der Waals surface area contributed by atoms with Crippen molar-refractivity contribution in [2.45, 2.75) is 26.2 Å². The van der Waals surface area contributed by atoms with E-state index in [1.807, 2.05) is 11.4 Å². The van der Waals surface area contributed by atoms with Crippen molar-refractivity contribution in [2.24, 2.45) is 5.92 Å². The number of nitrogens with one attached hydrogen (secondary N) is 1. The lowest BCUT2D eigenvalue weighted by molar-refractivity contribution is -0.120. The second kappa shape index (κ2) is 8.90. The van der Waals surface area contributed by atoms with Gasteiger partial charge in [-0.25, -0.2) is 4.98 Å². The van der Waals surface area contributed by atoms with Crippen molar-refractivity contribution < 1.29 is 9.53 Å². The fourth-order valence-electron chi connectivity index (χ4n) is 3.80. The second-order valence-electron chi connectivity index (χ2n) is 7.89. The average Bonchev–Trinajstić information content (AvgIpc) is 3.18. The number of aromatic nitrogens is 1. The molecule has 1 saturated heterocycles. The number of hydrogen-bond donors (Lipinski definition) is 1. The normalized spacial score (nSPS) is 17.9. The Kier molecular flexibility index (Phi) is 6.27. The number of ether oxygens (including phenoxy) is 1. The minimum atomic E-state index is -0.0884. The van der Waals surface area contributed by atoms with E-state index in [0.29, 0.717) is 16.5 Å². The first kappa shape index (κ1) is 20.4. The number of carbonyl (C=O) groups is 1. The predicted molar refractivity (Wildman–Crippen MR) is 119 cm³/mol. The molecule has 1 aromatic heterocycles. The van der Waals surface area contributed by atoms with Crippen LogP contribution in [0, 0.1) is 5.92 Å². The third kappa shape index (κ3) is 4.68. The van der Waals surface area contributed by atoms with Gasteiger partial charge in [-0.1, -0.05) is 18.5 Å². The highest BCUT2D eigenvalue weighted by Gasteiger charge is 2.26. The third-order valence-electron chi connectivity index (χ3n) is 5.69. The fourth-order valence-corrected chi connectivity index (χ4v) is 4.75. The van der Waals surface area contributed by atoms with Crippen LogP contribution in [0.1, 0.15) is 26.2 Å². The molecule has 8 heteroatoms. The highest BCUT2D eigenvalue weighted by Crippen LogP contribution is 2.43. The van der Waals surface area contributed by atoms with Crippen LogP contribution in [0.3, 0.4) is 0 Å². The van der Waals surface area contributed by atoms with E-state index in [-0.39, 0.29) is 12.5 Å². The summed E-state index contributed by atoms with van der Waals surface area (Å²) < 4.78 is 5.72. The van der Waals surface area contributed by atoms with Crippen molar-refractivity contribution in [3.05, 3.63) is 22.5 Å². The first-order valence-electron chi connectivity index (χ1n) is 10.2. The molecule has 2 aromatic rings. The number of anilines is 2. The maximum absolute atomic E-state index is 11.9. The molecule has 3 heterocycles. The van der Waals surface area contributed by atoms with E-state index in [9.17, 15) is 4.79 Å². The number of nitrogens with zero attached hydrogens (tertiary/aromatic N) is 3. The van der Waals surface area contributed by atoms with E-state index in [0.717, 1.165) is 41.8 Å². The average molecular weight is 435 g/mol. The number of likely N-dealkylation sites (N-methyl/N-ethyl adjacent to an activating group) is 1. The monoisotopic (exact) mass is 434 g/mol. The van der Waals surface area contributed by atoms with Crippen molar-refractivity contribution >= 4 is 39.7 Å². The number of likely N-dealkylation sites (tertiary alicyclic amines) is 1. The molecular formula is C21H27ClN4O2S. The first-order chi connectivity index (χ1) is 14.0. The number of hydrogen-bond acceptors (Lipinski definition) is 6. The first-order valence-corrected chi connectivity index (χ1v) is 11.4. The van der Waals surface area contributed by atoms with Gasteiger partial charge in [0.25, 0.3) is 5.91 Å². The smallest absolute Gasteiger partial charge is 0.264 e. The lowest BCUT2D eigenvalue weighted by Gasteiger charge is -2.30. The summed E-state index contributed by atoms with van der Waals surface area (Å²) in [5, 5.41) is 6.88. The van der Waals surface area contributed by atoms with Crippen LogP contribution in [-0.2, 0) is 4.79 Å². The summed E-state index contributed by atoms with van der Waals surface area (Å²) in [6.07, 6.45) is 3.73. The van der Waals surface area contributed by atoms with E-state index < -0.39 is 0 Å². The molecule has 0 spiro atoms. The van der Waals surface area contributed by atoms with Gasteiger partial charge in [0.2, 0.25) is 0 Å². The molecule has 6 nitrogen and oxygen atoms in total. The lowest BCUT2D eigenvalue weighted by atomic mass is 9.99. The van der Waals surface area contributed by atoms with Crippen LogP contribution in [0.4, 0.5) is 10.8 Å². The summed E-state index contributed by atoms with van der Waals surface area (Å²) in [4.78, 5) is 20.8. The summed E-state index contributed by atoms with van der Waals surface area (Å²) in [6.45, 7) is 6.85. The number of carbonyl (C=O) groups excluding carboxylic acids is 1. The number of rotatable bonds is 6. The molecule has 0 atom stereocenters. The number of benzene rings is 1. The molecule has 1 N–H and O–H groups in total. The van der Waals surface area contributed by atoms with Crippen LogP contribution in [0.5, 0.6) is 5.75 Å². The van der Waals surface area contributed by atoms with Crippen LogP contribution >= 0.6 is 22.9 Å². The quantitative estimate of drug-likeness (QED) is 0.685. The molecule has 2 aliphatic rings. The van der Waals surface area contributed by atoms with Crippen LogP contribution in [-0.4, -0.2) is 55.6 Å². The minimum absolute atomic E-state index is 0.0304. The molecule has 1 fully saturated rings. The number of thiazole rings is 1. The zero-order valence-electron chi connectivity index (χ0n) is 16.9. The Bertz CT molecular complexity index is 880. The summed E-state index contributed by atoms with van der Waals surface area (Å²) in [5.74, 6) is 1.44. The Morgan fingerprint density at radius 2 is 2.14 bits per heavy atom. The summed E-state index contributed by atoms with van der Waals surface area (Å²) in [6, 6.07) is 3.60. The number of piperidine rings is 1. The van der Waals surface area contributed by atoms with Gasteiger partial charge in [-0.2, -0.15) is 0 Å². The molecule has 0 unspecified atom stereocenters. The van der Waals surface area contributed by atoms with Gasteiger partial charge in [0.15, 0.2) is 17.5 Å².